The molecule has 0 radical (unpaired) electrons. The molecule has 3 aromatic rings. The third-order valence-electron chi connectivity index (χ3n) is 5.20. The van der Waals surface area contributed by atoms with Crippen LogP contribution in [0.15, 0.2) is 59.6 Å². The van der Waals surface area contributed by atoms with Crippen LogP contribution in [0.5, 0.6) is 0 Å². The van der Waals surface area contributed by atoms with Crippen molar-refractivity contribution in [3.05, 3.63) is 82.3 Å². The van der Waals surface area contributed by atoms with Gasteiger partial charge in [0.2, 0.25) is 0 Å². The van der Waals surface area contributed by atoms with Crippen molar-refractivity contribution in [1.29, 1.82) is 0 Å². The maximum absolute atomic E-state index is 13.7. The predicted octanol–water partition coefficient (Wildman–Crippen LogP) is 4.77. The van der Waals surface area contributed by atoms with Crippen LogP contribution in [0.3, 0.4) is 0 Å². The number of carbonyl (C=O) groups excluding carboxylic acids is 2. The second kappa shape index (κ2) is 7.93. The lowest BCUT2D eigenvalue weighted by Crippen LogP contribution is -2.30. The second-order valence-corrected chi connectivity index (χ2v) is 10.6. The van der Waals surface area contributed by atoms with Gasteiger partial charge in [0, 0.05) is 12.3 Å². The topological polar surface area (TPSA) is 96.4 Å². The van der Waals surface area contributed by atoms with Crippen molar-refractivity contribution in [2.75, 3.05) is 9.62 Å². The molecular weight excluding hydrogens is 469 g/mol. The molecule has 1 aromatic heterocycles. The molecular formula is C23H19ClFN3O4S. The standard InChI is InChI=1S/C23H19ClFN3O4S/c1-23(2,3)13-4-6-15(7-5-13)33(31,32)27-17-9-8-16(24)19-20(17)22(30)28(21(19)29)18-12-14(25)10-11-26-18/h4-12,27H,1-3H3. The van der Waals surface area contributed by atoms with Crippen molar-refractivity contribution < 1.29 is 22.4 Å². The molecule has 0 fully saturated rings. The van der Waals surface area contributed by atoms with Gasteiger partial charge in [-0.3, -0.25) is 14.3 Å². The van der Waals surface area contributed by atoms with Crippen molar-refractivity contribution in [2.24, 2.45) is 0 Å². The summed E-state index contributed by atoms with van der Waals surface area (Å²) in [7, 11) is -4.09. The first kappa shape index (κ1) is 22.9. The van der Waals surface area contributed by atoms with Gasteiger partial charge in [-0.1, -0.05) is 44.5 Å². The minimum Gasteiger partial charge on any atom is -0.279 e. The number of anilines is 2. The second-order valence-electron chi connectivity index (χ2n) is 8.50. The number of carbonyl (C=O) groups is 2. The van der Waals surface area contributed by atoms with E-state index in [2.05, 4.69) is 9.71 Å². The number of hydrogen-bond acceptors (Lipinski definition) is 5. The van der Waals surface area contributed by atoms with Crippen LogP contribution in [-0.4, -0.2) is 25.2 Å². The lowest BCUT2D eigenvalue weighted by molar-refractivity contribution is 0.0925. The van der Waals surface area contributed by atoms with Crippen molar-refractivity contribution in [1.82, 2.24) is 4.98 Å². The summed E-state index contributed by atoms with van der Waals surface area (Å²) in [6.07, 6.45) is 1.11. The fourth-order valence-corrected chi connectivity index (χ4v) is 4.78. The van der Waals surface area contributed by atoms with Crippen LogP contribution in [0, 0.1) is 5.82 Å². The van der Waals surface area contributed by atoms with Crippen LogP contribution >= 0.6 is 11.6 Å². The highest BCUT2D eigenvalue weighted by Crippen LogP contribution is 2.37. The first-order valence-corrected chi connectivity index (χ1v) is 11.7. The molecule has 2 amide bonds. The Hall–Kier alpha value is -3.30. The summed E-state index contributed by atoms with van der Waals surface area (Å²) in [6.45, 7) is 6.02. The maximum atomic E-state index is 13.7. The van der Waals surface area contributed by atoms with Crippen LogP contribution in [0.1, 0.15) is 47.1 Å². The van der Waals surface area contributed by atoms with Gasteiger partial charge < -0.3 is 0 Å². The predicted molar refractivity (Wildman–Crippen MR) is 123 cm³/mol. The molecule has 1 aliphatic rings. The minimum absolute atomic E-state index is 0.0142. The molecule has 4 rings (SSSR count). The molecule has 0 saturated carbocycles. The Morgan fingerprint density at radius 1 is 0.970 bits per heavy atom. The Morgan fingerprint density at radius 2 is 1.61 bits per heavy atom. The smallest absolute Gasteiger partial charge is 0.269 e. The summed E-state index contributed by atoms with van der Waals surface area (Å²) in [5, 5.41) is -0.0419. The van der Waals surface area contributed by atoms with E-state index in [9.17, 15) is 22.4 Å². The van der Waals surface area contributed by atoms with Gasteiger partial charge in [0.25, 0.3) is 21.8 Å². The third kappa shape index (κ3) is 4.09. The van der Waals surface area contributed by atoms with Crippen LogP contribution in [0.25, 0.3) is 0 Å². The molecule has 10 heteroatoms. The quantitative estimate of drug-likeness (QED) is 0.534. The third-order valence-corrected chi connectivity index (χ3v) is 6.90. The van der Waals surface area contributed by atoms with E-state index < -0.39 is 27.7 Å². The number of imide groups is 1. The monoisotopic (exact) mass is 487 g/mol. The van der Waals surface area contributed by atoms with Gasteiger partial charge in [0.1, 0.15) is 11.6 Å². The summed E-state index contributed by atoms with van der Waals surface area (Å²) in [5.74, 6) is -2.61. The summed E-state index contributed by atoms with van der Waals surface area (Å²) in [5.41, 5.74) is 0.261. The van der Waals surface area contributed by atoms with E-state index in [1.54, 1.807) is 12.1 Å². The Balaban J connectivity index is 1.74. The summed E-state index contributed by atoms with van der Waals surface area (Å²) in [6, 6.07) is 11.0. The van der Waals surface area contributed by atoms with E-state index in [-0.39, 0.29) is 38.0 Å². The Kier molecular flexibility index (Phi) is 5.50. The molecule has 33 heavy (non-hydrogen) atoms. The van der Waals surface area contributed by atoms with Crippen LogP contribution < -0.4 is 9.62 Å². The average Bonchev–Trinajstić information content (AvgIpc) is 3.01. The number of pyridine rings is 1. The highest BCUT2D eigenvalue weighted by atomic mass is 35.5. The Labute approximate surface area is 195 Å². The van der Waals surface area contributed by atoms with Crippen molar-refractivity contribution in [2.45, 2.75) is 31.1 Å². The van der Waals surface area contributed by atoms with Gasteiger partial charge in [-0.2, -0.15) is 0 Å². The molecule has 0 unspecified atom stereocenters. The number of nitrogens with one attached hydrogen (secondary N) is 1. The molecule has 7 nitrogen and oxygen atoms in total. The average molecular weight is 488 g/mol. The van der Waals surface area contributed by atoms with Gasteiger partial charge >= 0.3 is 0 Å². The molecule has 0 saturated heterocycles. The highest BCUT2D eigenvalue weighted by Gasteiger charge is 2.42. The van der Waals surface area contributed by atoms with E-state index in [4.69, 9.17) is 11.6 Å². The number of nitrogens with zero attached hydrogens (tertiary/aromatic N) is 2. The van der Waals surface area contributed by atoms with Gasteiger partial charge in [0.15, 0.2) is 0 Å². The number of halogens is 2. The molecule has 1 aliphatic heterocycles. The SMILES string of the molecule is CC(C)(C)c1ccc(S(=O)(=O)Nc2ccc(Cl)c3c2C(=O)N(c2cc(F)ccn2)C3=O)cc1. The van der Waals surface area contributed by atoms with E-state index in [1.165, 1.54) is 24.3 Å². The molecule has 2 heterocycles. The van der Waals surface area contributed by atoms with E-state index in [0.29, 0.717) is 4.90 Å². The van der Waals surface area contributed by atoms with E-state index in [1.807, 2.05) is 20.8 Å². The van der Waals surface area contributed by atoms with Crippen molar-refractivity contribution in [3.8, 4) is 0 Å². The zero-order chi connectivity index (χ0) is 24.1. The molecule has 1 N–H and O–H groups in total. The summed E-state index contributed by atoms with van der Waals surface area (Å²) >= 11 is 6.16. The zero-order valence-electron chi connectivity index (χ0n) is 17.9. The van der Waals surface area contributed by atoms with E-state index in [0.717, 1.165) is 23.9 Å². The number of amides is 2. The van der Waals surface area contributed by atoms with Crippen LogP contribution in [0.4, 0.5) is 15.9 Å². The number of sulfonamides is 1. The molecule has 2 aromatic carbocycles. The van der Waals surface area contributed by atoms with E-state index >= 15 is 0 Å². The minimum atomic E-state index is -4.09. The highest BCUT2D eigenvalue weighted by molar-refractivity contribution is 7.92. The van der Waals surface area contributed by atoms with Crippen LogP contribution in [-0.2, 0) is 15.4 Å². The maximum Gasteiger partial charge on any atom is 0.269 e. The fourth-order valence-electron chi connectivity index (χ4n) is 3.47. The largest absolute Gasteiger partial charge is 0.279 e. The molecule has 0 spiro atoms. The van der Waals surface area contributed by atoms with Crippen molar-refractivity contribution in [3.63, 3.8) is 0 Å². The molecule has 0 aliphatic carbocycles. The van der Waals surface area contributed by atoms with Crippen molar-refractivity contribution >= 4 is 44.9 Å². The normalized spacial score (nSPS) is 13.9. The Bertz CT molecular complexity index is 1400. The number of hydrogen-bond donors (Lipinski definition) is 1. The number of aromatic nitrogens is 1. The van der Waals surface area contributed by atoms with Crippen LogP contribution in [0.2, 0.25) is 5.02 Å². The molecule has 0 atom stereocenters. The first-order valence-electron chi connectivity index (χ1n) is 9.86. The molecule has 0 bridgehead atoms. The number of fused-ring (bicyclic) bond motifs is 1. The fraction of sp³-hybridized carbons (Fsp3) is 0.174. The lowest BCUT2D eigenvalue weighted by atomic mass is 9.87. The lowest BCUT2D eigenvalue weighted by Gasteiger charge is -2.19. The van der Waals surface area contributed by atoms with Gasteiger partial charge in [-0.25, -0.2) is 22.7 Å². The van der Waals surface area contributed by atoms with Gasteiger partial charge in [-0.15, -0.1) is 0 Å². The number of rotatable bonds is 4. The first-order chi connectivity index (χ1) is 15.4. The van der Waals surface area contributed by atoms with Gasteiger partial charge in [0.05, 0.1) is 26.7 Å². The molecule has 170 valence electrons. The number of benzene rings is 2. The zero-order valence-corrected chi connectivity index (χ0v) is 19.5. The summed E-state index contributed by atoms with van der Waals surface area (Å²) < 4.78 is 42.1. The Morgan fingerprint density at radius 3 is 2.21 bits per heavy atom. The summed E-state index contributed by atoms with van der Waals surface area (Å²) in [4.78, 5) is 30.6. The van der Waals surface area contributed by atoms with Gasteiger partial charge in [-0.05, 0) is 41.3 Å².